The number of rotatable bonds is 8. The van der Waals surface area contributed by atoms with Crippen LogP contribution in [-0.2, 0) is 21.4 Å². The van der Waals surface area contributed by atoms with Crippen molar-refractivity contribution in [2.45, 2.75) is 26.3 Å². The maximum atomic E-state index is 12.7. The molecule has 180 valence electrons. The second-order valence-electron chi connectivity index (χ2n) is 8.41. The van der Waals surface area contributed by atoms with E-state index in [0.29, 0.717) is 25.9 Å². The van der Waals surface area contributed by atoms with Crippen LogP contribution in [0.4, 0.5) is 0 Å². The van der Waals surface area contributed by atoms with E-state index in [4.69, 9.17) is 4.74 Å². The van der Waals surface area contributed by atoms with Crippen LogP contribution in [0, 0.1) is 5.92 Å². The predicted octanol–water partition coefficient (Wildman–Crippen LogP) is 3.21. The number of carbonyl (C=O) groups excluding carboxylic acids is 1. The van der Waals surface area contributed by atoms with Gasteiger partial charge in [-0.3, -0.25) is 4.79 Å². The van der Waals surface area contributed by atoms with E-state index in [1.165, 1.54) is 4.31 Å². The summed E-state index contributed by atoms with van der Waals surface area (Å²) < 4.78 is 33.2. The van der Waals surface area contributed by atoms with Crippen LogP contribution in [0.25, 0.3) is 10.9 Å². The summed E-state index contributed by atoms with van der Waals surface area (Å²) in [4.78, 5) is 12.7. The molecule has 3 aromatic rings. The third kappa shape index (κ3) is 5.31. The Morgan fingerprint density at radius 1 is 1.24 bits per heavy atom. The molecule has 0 bridgehead atoms. The number of hydrazone groups is 1. The fourth-order valence-electron chi connectivity index (χ4n) is 4.32. The molecule has 1 aromatic heterocycles. The fourth-order valence-corrected chi connectivity index (χ4v) is 5.50. The lowest BCUT2D eigenvalue weighted by Crippen LogP contribution is -2.45. The topological polar surface area (TPSA) is 93.0 Å². The number of methoxy groups -OCH3 is 1. The van der Waals surface area contributed by atoms with Crippen molar-refractivity contribution in [1.29, 1.82) is 0 Å². The molecule has 0 saturated carbocycles. The summed E-state index contributed by atoms with van der Waals surface area (Å²) in [5.74, 6) is 0.194. The van der Waals surface area contributed by atoms with E-state index in [1.807, 2.05) is 42.6 Å². The summed E-state index contributed by atoms with van der Waals surface area (Å²) in [7, 11) is -1.65. The number of nitrogens with one attached hydrogen (secondary N) is 1. The minimum Gasteiger partial charge on any atom is -0.497 e. The molecule has 0 unspecified atom stereocenters. The van der Waals surface area contributed by atoms with Gasteiger partial charge in [0.25, 0.3) is 0 Å². The molecule has 1 N–H and O–H groups in total. The van der Waals surface area contributed by atoms with Crippen LogP contribution in [0.2, 0.25) is 0 Å². The lowest BCUT2D eigenvalue weighted by Gasteiger charge is -2.30. The van der Waals surface area contributed by atoms with Crippen molar-refractivity contribution < 1.29 is 17.9 Å². The maximum Gasteiger partial charge on any atom is 0.244 e. The lowest BCUT2D eigenvalue weighted by atomic mass is 9.99. The number of sulfonamides is 1. The predicted molar refractivity (Wildman–Crippen MR) is 134 cm³/mol. The Kier molecular flexibility index (Phi) is 7.33. The summed E-state index contributed by atoms with van der Waals surface area (Å²) in [6.45, 7) is 2.96. The van der Waals surface area contributed by atoms with Gasteiger partial charge in [-0.15, -0.1) is 0 Å². The first-order valence-corrected chi connectivity index (χ1v) is 13.0. The SMILES string of the molecule is CCS(=O)(=O)N1CCC[C@H](C(=O)N/N=C\c2cn(Cc3cccc(OC)c3)c3ccccc23)C1. The van der Waals surface area contributed by atoms with Gasteiger partial charge in [-0.25, -0.2) is 18.1 Å². The van der Waals surface area contributed by atoms with Crippen molar-refractivity contribution in [3.8, 4) is 5.75 Å². The van der Waals surface area contributed by atoms with Gasteiger partial charge < -0.3 is 9.30 Å². The Morgan fingerprint density at radius 2 is 2.06 bits per heavy atom. The molecule has 1 amide bonds. The van der Waals surface area contributed by atoms with Gasteiger partial charge >= 0.3 is 0 Å². The molecule has 1 aliphatic heterocycles. The largest absolute Gasteiger partial charge is 0.497 e. The van der Waals surface area contributed by atoms with Crippen molar-refractivity contribution in [2.75, 3.05) is 26.0 Å². The first-order chi connectivity index (χ1) is 16.4. The monoisotopic (exact) mass is 482 g/mol. The third-order valence-corrected chi connectivity index (χ3v) is 8.05. The normalized spacial score (nSPS) is 17.3. The zero-order valence-electron chi connectivity index (χ0n) is 19.5. The molecule has 0 aliphatic carbocycles. The number of fused-ring (bicyclic) bond motifs is 1. The van der Waals surface area contributed by atoms with E-state index in [0.717, 1.165) is 27.8 Å². The summed E-state index contributed by atoms with van der Waals surface area (Å²) >= 11 is 0. The fraction of sp³-hybridized carbons (Fsp3) is 0.360. The van der Waals surface area contributed by atoms with Gasteiger partial charge in [0.2, 0.25) is 15.9 Å². The molecule has 9 heteroatoms. The molecule has 1 fully saturated rings. The average molecular weight is 483 g/mol. The zero-order chi connectivity index (χ0) is 24.1. The minimum atomic E-state index is -3.30. The number of benzene rings is 2. The molecule has 0 spiro atoms. The standard InChI is InChI=1S/C25H30N4O4S/c1-3-34(31,32)29-13-7-9-20(18-29)25(30)27-26-15-21-17-28(24-12-5-4-11-23(21)24)16-19-8-6-10-22(14-19)33-2/h4-6,8,10-12,14-15,17,20H,3,7,9,13,16,18H2,1-2H3,(H,27,30)/b26-15-/t20-/m0/s1. The second-order valence-corrected chi connectivity index (χ2v) is 10.7. The van der Waals surface area contributed by atoms with Crippen molar-refractivity contribution in [3.63, 3.8) is 0 Å². The van der Waals surface area contributed by atoms with Crippen LogP contribution in [0.1, 0.15) is 30.9 Å². The van der Waals surface area contributed by atoms with Crippen LogP contribution >= 0.6 is 0 Å². The van der Waals surface area contributed by atoms with Crippen LogP contribution < -0.4 is 10.2 Å². The molecule has 4 rings (SSSR count). The molecule has 1 aliphatic rings. The van der Waals surface area contributed by atoms with Gasteiger partial charge in [-0.05, 0) is 43.5 Å². The van der Waals surface area contributed by atoms with Crippen molar-refractivity contribution in [3.05, 3.63) is 65.9 Å². The number of hydrogen-bond acceptors (Lipinski definition) is 5. The highest BCUT2D eigenvalue weighted by atomic mass is 32.2. The summed E-state index contributed by atoms with van der Waals surface area (Å²) in [5.41, 5.74) is 5.67. The Balaban J connectivity index is 1.48. The number of para-hydroxylation sites is 1. The third-order valence-electron chi connectivity index (χ3n) is 6.20. The van der Waals surface area contributed by atoms with Gasteiger partial charge in [0.05, 0.1) is 25.0 Å². The highest BCUT2D eigenvalue weighted by molar-refractivity contribution is 7.89. The number of nitrogens with zero attached hydrogens (tertiary/aromatic N) is 3. The zero-order valence-corrected chi connectivity index (χ0v) is 20.3. The van der Waals surface area contributed by atoms with Crippen molar-refractivity contribution >= 4 is 33.0 Å². The minimum absolute atomic E-state index is 0.0410. The van der Waals surface area contributed by atoms with E-state index in [9.17, 15) is 13.2 Å². The second kappa shape index (κ2) is 10.4. The Labute approximate surface area is 200 Å². The quantitative estimate of drug-likeness (QED) is 0.394. The van der Waals surface area contributed by atoms with Gasteiger partial charge in [0.1, 0.15) is 5.75 Å². The number of carbonyl (C=O) groups is 1. The number of hydrogen-bond donors (Lipinski definition) is 1. The molecule has 2 aromatic carbocycles. The Hall–Kier alpha value is -3.17. The van der Waals surface area contributed by atoms with Crippen LogP contribution in [0.15, 0.2) is 59.8 Å². The van der Waals surface area contributed by atoms with Crippen molar-refractivity contribution in [2.24, 2.45) is 11.0 Å². The van der Waals surface area contributed by atoms with Crippen LogP contribution in [-0.4, -0.2) is 55.4 Å². The van der Waals surface area contributed by atoms with E-state index >= 15 is 0 Å². The molecule has 2 heterocycles. The number of aromatic nitrogens is 1. The lowest BCUT2D eigenvalue weighted by molar-refractivity contribution is -0.126. The van der Waals surface area contributed by atoms with Crippen LogP contribution in [0.5, 0.6) is 5.75 Å². The first-order valence-electron chi connectivity index (χ1n) is 11.4. The number of ether oxygens (including phenoxy) is 1. The highest BCUT2D eigenvalue weighted by Crippen LogP contribution is 2.23. The smallest absolute Gasteiger partial charge is 0.244 e. The first kappa shape index (κ1) is 24.0. The van der Waals surface area contributed by atoms with E-state index in [-0.39, 0.29) is 18.2 Å². The Morgan fingerprint density at radius 3 is 2.85 bits per heavy atom. The molecule has 1 saturated heterocycles. The molecule has 8 nitrogen and oxygen atoms in total. The van der Waals surface area contributed by atoms with E-state index in [1.54, 1.807) is 20.2 Å². The number of amides is 1. The molecular formula is C25H30N4O4S. The van der Waals surface area contributed by atoms with Crippen LogP contribution in [0.3, 0.4) is 0 Å². The average Bonchev–Trinajstić information content (AvgIpc) is 3.21. The van der Waals surface area contributed by atoms with E-state index < -0.39 is 15.9 Å². The Bertz CT molecular complexity index is 1300. The number of piperidine rings is 1. The van der Waals surface area contributed by atoms with Crippen molar-refractivity contribution in [1.82, 2.24) is 14.3 Å². The van der Waals surface area contributed by atoms with Gasteiger partial charge in [-0.1, -0.05) is 30.3 Å². The van der Waals surface area contributed by atoms with Gasteiger partial charge in [0.15, 0.2) is 0 Å². The molecule has 1 atom stereocenters. The summed E-state index contributed by atoms with van der Waals surface area (Å²) in [6.07, 6.45) is 4.97. The summed E-state index contributed by atoms with van der Waals surface area (Å²) in [5, 5.41) is 5.23. The molecule has 0 radical (unpaired) electrons. The highest BCUT2D eigenvalue weighted by Gasteiger charge is 2.31. The van der Waals surface area contributed by atoms with Gasteiger partial charge in [-0.2, -0.15) is 5.10 Å². The summed E-state index contributed by atoms with van der Waals surface area (Å²) in [6, 6.07) is 16.0. The molecule has 34 heavy (non-hydrogen) atoms. The van der Waals surface area contributed by atoms with Gasteiger partial charge in [0, 0.05) is 42.3 Å². The van der Waals surface area contributed by atoms with E-state index in [2.05, 4.69) is 27.2 Å². The molecular weight excluding hydrogens is 452 g/mol. The maximum absolute atomic E-state index is 12.7.